The predicted octanol–water partition coefficient (Wildman–Crippen LogP) is 7.22. The van der Waals surface area contributed by atoms with E-state index >= 15 is 0 Å². The van der Waals surface area contributed by atoms with Gasteiger partial charge in [0.15, 0.2) is 11.6 Å². The number of aliphatic imine (C=N–C) groups is 1. The summed E-state index contributed by atoms with van der Waals surface area (Å²) >= 11 is 0. The number of halogens is 3. The van der Waals surface area contributed by atoms with Gasteiger partial charge < -0.3 is 19.9 Å². The molecular weight excluding hydrogens is 599 g/mol. The molecule has 0 fully saturated rings. The van der Waals surface area contributed by atoms with Gasteiger partial charge in [-0.15, -0.1) is 0 Å². The first-order chi connectivity index (χ1) is 22.2. The molecule has 0 radical (unpaired) electrons. The maximum absolute atomic E-state index is 14.4. The predicted molar refractivity (Wildman–Crippen MR) is 165 cm³/mol. The van der Waals surface area contributed by atoms with Gasteiger partial charge in [0.25, 0.3) is 5.91 Å². The summed E-state index contributed by atoms with van der Waals surface area (Å²) in [6.45, 7) is 0.286. The number of carbonyl (C=O) groups excluding carboxylic acids is 1. The largest absolute Gasteiger partial charge is 0.494 e. The molecule has 1 aliphatic rings. The molecule has 0 aliphatic carbocycles. The topological polar surface area (TPSA) is 129 Å². The molecule has 1 aliphatic heterocycles. The smallest absolute Gasteiger partial charge is 0.416 e. The first kappa shape index (κ1) is 32.1. The highest BCUT2D eigenvalue weighted by atomic mass is 19.4. The summed E-state index contributed by atoms with van der Waals surface area (Å²) in [5.74, 6) is 0.247. The first-order valence-corrected chi connectivity index (χ1v) is 14.5. The van der Waals surface area contributed by atoms with Crippen LogP contribution in [0.3, 0.4) is 0 Å². The van der Waals surface area contributed by atoms with Gasteiger partial charge >= 0.3 is 6.18 Å². The minimum atomic E-state index is -4.48. The molecule has 2 atom stereocenters. The van der Waals surface area contributed by atoms with Crippen LogP contribution < -0.4 is 10.1 Å². The van der Waals surface area contributed by atoms with Crippen LogP contribution in [0.5, 0.6) is 5.75 Å². The van der Waals surface area contributed by atoms with Gasteiger partial charge in [-0.05, 0) is 58.6 Å². The standard InChI is InChI=1S/C34H30F3N5O4/c35-34(36,37)27-15-11-23(12-16-27)22-39-32(44)33(21-26-9-4-5-10-29(26)41-42-38)30(24-7-2-1-3-8-24)46-31(40-33)25-13-17-28(18-14-25)45-20-6-19-43/h1-5,7-18,30,43H,6,19-22H2,(H,39,44)/t30-,33-/m1/s1. The molecular formula is C34H30F3N5O4. The number of benzene rings is 4. The zero-order chi connectivity index (χ0) is 32.6. The Morgan fingerprint density at radius 2 is 1.70 bits per heavy atom. The van der Waals surface area contributed by atoms with Crippen molar-refractivity contribution in [2.75, 3.05) is 13.2 Å². The van der Waals surface area contributed by atoms with E-state index in [1.165, 1.54) is 12.1 Å². The third-order valence-corrected chi connectivity index (χ3v) is 7.47. The number of rotatable bonds is 12. The van der Waals surface area contributed by atoms with Crippen LogP contribution in [0.1, 0.15) is 40.3 Å². The number of hydrogen-bond donors (Lipinski definition) is 2. The SMILES string of the molecule is [N-]=[N+]=Nc1ccccc1C[C@@]1(C(=O)NCc2ccc(C(F)(F)F)cc2)N=C(c2ccc(OCCCO)cc2)O[C@@H]1c1ccccc1. The minimum absolute atomic E-state index is 0.00935. The molecule has 0 aromatic heterocycles. The van der Waals surface area contributed by atoms with E-state index < -0.39 is 29.3 Å². The summed E-state index contributed by atoms with van der Waals surface area (Å²) in [6, 6.07) is 27.5. The van der Waals surface area contributed by atoms with Gasteiger partial charge in [0, 0.05) is 42.2 Å². The summed E-state index contributed by atoms with van der Waals surface area (Å²) in [4.78, 5) is 22.2. The van der Waals surface area contributed by atoms with Crippen molar-refractivity contribution in [3.63, 3.8) is 0 Å². The Morgan fingerprint density at radius 3 is 2.37 bits per heavy atom. The van der Waals surface area contributed by atoms with E-state index in [4.69, 9.17) is 19.6 Å². The zero-order valence-electron chi connectivity index (χ0n) is 24.5. The fraction of sp³-hybridized carbons (Fsp3) is 0.235. The maximum Gasteiger partial charge on any atom is 0.416 e. The zero-order valence-corrected chi connectivity index (χ0v) is 24.5. The minimum Gasteiger partial charge on any atom is -0.494 e. The average molecular weight is 630 g/mol. The monoisotopic (exact) mass is 629 g/mol. The highest BCUT2D eigenvalue weighted by Crippen LogP contribution is 2.43. The molecule has 236 valence electrons. The lowest BCUT2D eigenvalue weighted by molar-refractivity contribution is -0.137. The van der Waals surface area contributed by atoms with Gasteiger partial charge in [-0.25, -0.2) is 4.99 Å². The molecule has 1 heterocycles. The molecule has 0 saturated carbocycles. The number of amides is 1. The third kappa shape index (κ3) is 7.31. The van der Waals surface area contributed by atoms with Gasteiger partial charge in [-0.1, -0.05) is 71.8 Å². The van der Waals surface area contributed by atoms with Gasteiger partial charge in [0.1, 0.15) is 5.75 Å². The molecule has 4 aromatic rings. The van der Waals surface area contributed by atoms with Gasteiger partial charge in [-0.3, -0.25) is 4.79 Å². The average Bonchev–Trinajstić information content (AvgIpc) is 3.46. The molecule has 0 saturated heterocycles. The van der Waals surface area contributed by atoms with E-state index in [1.807, 2.05) is 30.3 Å². The fourth-order valence-corrected chi connectivity index (χ4v) is 5.15. The van der Waals surface area contributed by atoms with Crippen molar-refractivity contribution in [1.82, 2.24) is 5.32 Å². The van der Waals surface area contributed by atoms with E-state index in [0.717, 1.165) is 12.1 Å². The summed E-state index contributed by atoms with van der Waals surface area (Å²) < 4.78 is 51.4. The first-order valence-electron chi connectivity index (χ1n) is 14.5. The van der Waals surface area contributed by atoms with Crippen LogP contribution >= 0.6 is 0 Å². The summed E-state index contributed by atoms with van der Waals surface area (Å²) in [5, 5.41) is 15.7. The molecule has 1 amide bonds. The summed E-state index contributed by atoms with van der Waals surface area (Å²) in [6.07, 6.45) is -4.94. The Labute approximate surface area is 263 Å². The van der Waals surface area contributed by atoms with Crippen LogP contribution in [0.15, 0.2) is 113 Å². The van der Waals surface area contributed by atoms with Crippen LogP contribution in [0.25, 0.3) is 10.4 Å². The highest BCUT2D eigenvalue weighted by Gasteiger charge is 2.53. The van der Waals surface area contributed by atoms with Gasteiger partial charge in [0.2, 0.25) is 5.90 Å². The lowest BCUT2D eigenvalue weighted by Gasteiger charge is -2.31. The molecule has 9 nitrogen and oxygen atoms in total. The van der Waals surface area contributed by atoms with Crippen molar-refractivity contribution in [2.45, 2.75) is 37.2 Å². The number of azide groups is 1. The molecule has 0 bridgehead atoms. The van der Waals surface area contributed by atoms with Crippen LogP contribution in [0.4, 0.5) is 18.9 Å². The van der Waals surface area contributed by atoms with Crippen molar-refractivity contribution in [3.05, 3.63) is 141 Å². The van der Waals surface area contributed by atoms with Crippen molar-refractivity contribution < 1.29 is 32.5 Å². The molecule has 2 N–H and O–H groups in total. The van der Waals surface area contributed by atoms with E-state index in [2.05, 4.69) is 15.3 Å². The van der Waals surface area contributed by atoms with Crippen LogP contribution in [-0.2, 0) is 28.7 Å². The second-order valence-corrected chi connectivity index (χ2v) is 10.6. The normalized spacial score (nSPS) is 17.4. The van der Waals surface area contributed by atoms with Crippen molar-refractivity contribution >= 4 is 17.5 Å². The van der Waals surface area contributed by atoms with Crippen molar-refractivity contribution in [2.24, 2.45) is 10.1 Å². The Bertz CT molecular complexity index is 1720. The second-order valence-electron chi connectivity index (χ2n) is 10.6. The molecule has 0 spiro atoms. The summed E-state index contributed by atoms with van der Waals surface area (Å²) in [7, 11) is 0. The van der Waals surface area contributed by atoms with E-state index in [9.17, 15) is 23.5 Å². The van der Waals surface area contributed by atoms with E-state index in [1.54, 1.807) is 48.5 Å². The number of alkyl halides is 3. The molecule has 46 heavy (non-hydrogen) atoms. The number of ether oxygens (including phenoxy) is 2. The molecule has 12 heteroatoms. The van der Waals surface area contributed by atoms with Gasteiger partial charge in [-0.2, -0.15) is 13.2 Å². The van der Waals surface area contributed by atoms with E-state index in [-0.39, 0.29) is 25.5 Å². The Balaban J connectivity index is 1.55. The molecule has 4 aromatic carbocycles. The van der Waals surface area contributed by atoms with Crippen molar-refractivity contribution in [3.8, 4) is 5.75 Å². The van der Waals surface area contributed by atoms with E-state index in [0.29, 0.717) is 46.7 Å². The Kier molecular flexibility index (Phi) is 9.90. The lowest BCUT2D eigenvalue weighted by atomic mass is 9.81. The number of aliphatic hydroxyl groups excluding tert-OH is 1. The lowest BCUT2D eigenvalue weighted by Crippen LogP contribution is -2.49. The summed E-state index contributed by atoms with van der Waals surface area (Å²) in [5.41, 5.74) is 9.37. The van der Waals surface area contributed by atoms with Crippen LogP contribution in [-0.4, -0.2) is 35.7 Å². The Morgan fingerprint density at radius 1 is 1.00 bits per heavy atom. The number of carbonyl (C=O) groups is 1. The van der Waals surface area contributed by atoms with Crippen LogP contribution in [0.2, 0.25) is 0 Å². The number of hydrogen-bond acceptors (Lipinski definition) is 6. The number of aliphatic hydroxyl groups is 1. The van der Waals surface area contributed by atoms with Crippen molar-refractivity contribution in [1.29, 1.82) is 0 Å². The molecule has 5 rings (SSSR count). The van der Waals surface area contributed by atoms with Gasteiger partial charge in [0.05, 0.1) is 12.2 Å². The molecule has 0 unspecified atom stereocenters. The number of nitrogens with one attached hydrogen (secondary N) is 1. The fourth-order valence-electron chi connectivity index (χ4n) is 5.15. The second kappa shape index (κ2) is 14.2. The highest BCUT2D eigenvalue weighted by molar-refractivity contribution is 6.01. The Hall–Kier alpha value is -5.32. The number of nitrogens with zero attached hydrogens (tertiary/aromatic N) is 4. The third-order valence-electron chi connectivity index (χ3n) is 7.47. The quantitative estimate of drug-likeness (QED) is 0.0742. The maximum atomic E-state index is 14.4. The van der Waals surface area contributed by atoms with Crippen LogP contribution in [0, 0.1) is 0 Å².